The van der Waals surface area contributed by atoms with Gasteiger partial charge in [-0.1, -0.05) is 12.1 Å². The Morgan fingerprint density at radius 2 is 2.14 bits per heavy atom. The van der Waals surface area contributed by atoms with Gasteiger partial charge in [0.05, 0.1) is 10.5 Å². The van der Waals surface area contributed by atoms with Gasteiger partial charge in [-0.25, -0.2) is 0 Å². The highest BCUT2D eigenvalue weighted by Gasteiger charge is 2.28. The lowest BCUT2D eigenvalue weighted by molar-refractivity contribution is -0.384. The van der Waals surface area contributed by atoms with Crippen LogP contribution in [-0.2, 0) is 17.8 Å². The lowest BCUT2D eigenvalue weighted by atomic mass is 10.0. The van der Waals surface area contributed by atoms with Gasteiger partial charge in [0.1, 0.15) is 5.00 Å². The number of benzene rings is 1. The zero-order valence-electron chi connectivity index (χ0n) is 16.2. The van der Waals surface area contributed by atoms with Gasteiger partial charge in [-0.2, -0.15) is 0 Å². The third-order valence-corrected chi connectivity index (χ3v) is 5.94. The van der Waals surface area contributed by atoms with Crippen LogP contribution in [0.2, 0.25) is 0 Å². The van der Waals surface area contributed by atoms with E-state index >= 15 is 0 Å². The van der Waals surface area contributed by atoms with Crippen LogP contribution in [0, 0.1) is 10.1 Å². The van der Waals surface area contributed by atoms with E-state index < -0.39 is 16.7 Å². The summed E-state index contributed by atoms with van der Waals surface area (Å²) in [5.41, 5.74) is 7.36. The summed E-state index contributed by atoms with van der Waals surface area (Å²) in [4.78, 5) is 38.1. The second kappa shape index (κ2) is 8.54. The summed E-state index contributed by atoms with van der Waals surface area (Å²) in [5.74, 6) is -0.989. The Kier molecular flexibility index (Phi) is 6.09. The van der Waals surface area contributed by atoms with Crippen molar-refractivity contribution < 1.29 is 14.5 Å². The fourth-order valence-corrected chi connectivity index (χ4v) is 4.56. The smallest absolute Gasteiger partial charge is 0.270 e. The third-order valence-electron chi connectivity index (χ3n) is 4.81. The van der Waals surface area contributed by atoms with Gasteiger partial charge in [-0.3, -0.25) is 24.6 Å². The number of rotatable bonds is 6. The Morgan fingerprint density at radius 3 is 2.79 bits per heavy atom. The van der Waals surface area contributed by atoms with Crippen molar-refractivity contribution in [1.82, 2.24) is 4.90 Å². The van der Waals surface area contributed by atoms with E-state index in [0.717, 1.165) is 23.5 Å². The number of primary amides is 1. The van der Waals surface area contributed by atoms with Crippen LogP contribution in [0.1, 0.15) is 40.2 Å². The van der Waals surface area contributed by atoms with Crippen molar-refractivity contribution in [3.63, 3.8) is 0 Å². The van der Waals surface area contributed by atoms with Gasteiger partial charge in [-0.05, 0) is 37.5 Å². The van der Waals surface area contributed by atoms with Crippen LogP contribution in [0.3, 0.4) is 0 Å². The molecule has 2 aromatic rings. The van der Waals surface area contributed by atoms with Crippen LogP contribution in [-0.4, -0.2) is 34.2 Å². The molecule has 1 aliphatic rings. The standard InChI is InChI=1S/C20H22N4O4S/c1-12(2)23-9-8-15-16(11-23)29-20(18(15)19(21)26)22-17(25)7-6-13-4-3-5-14(10-13)24(27)28/h3-7,10,12H,8-9,11H2,1-2H3,(H2,21,26)(H,22,25)/b7-6-. The van der Waals surface area contributed by atoms with Crippen LogP contribution in [0.5, 0.6) is 0 Å². The van der Waals surface area contributed by atoms with Crippen molar-refractivity contribution >= 4 is 39.9 Å². The number of nitrogens with zero attached hydrogens (tertiary/aromatic N) is 2. The number of thiophene rings is 1. The van der Waals surface area contributed by atoms with E-state index in [4.69, 9.17) is 5.73 Å². The summed E-state index contributed by atoms with van der Waals surface area (Å²) >= 11 is 1.37. The number of hydrogen-bond donors (Lipinski definition) is 2. The Morgan fingerprint density at radius 1 is 1.38 bits per heavy atom. The van der Waals surface area contributed by atoms with Gasteiger partial charge in [0.2, 0.25) is 5.91 Å². The molecule has 2 heterocycles. The second-order valence-corrected chi connectivity index (χ2v) is 8.17. The lowest BCUT2D eigenvalue weighted by Crippen LogP contribution is -2.35. The van der Waals surface area contributed by atoms with Crippen molar-refractivity contribution in [2.24, 2.45) is 5.73 Å². The fraction of sp³-hybridized carbons (Fsp3) is 0.300. The number of anilines is 1. The van der Waals surface area contributed by atoms with Crippen LogP contribution in [0.25, 0.3) is 6.08 Å². The fourth-order valence-electron chi connectivity index (χ4n) is 3.28. The van der Waals surface area contributed by atoms with Crippen molar-refractivity contribution in [3.05, 3.63) is 62.0 Å². The number of carbonyl (C=O) groups is 2. The number of nitro groups is 1. The molecule has 1 aromatic heterocycles. The first-order valence-corrected chi connectivity index (χ1v) is 9.99. The molecule has 0 aliphatic carbocycles. The SMILES string of the molecule is CC(C)N1CCc2c(sc(NC(=O)/C=C\c3cccc([N+](=O)[O-])c3)c2C(N)=O)C1. The molecule has 0 spiro atoms. The second-order valence-electron chi connectivity index (χ2n) is 7.06. The Bertz CT molecular complexity index is 996. The predicted octanol–water partition coefficient (Wildman–Crippen LogP) is 3.17. The number of hydrogen-bond acceptors (Lipinski definition) is 6. The average molecular weight is 414 g/mol. The highest BCUT2D eigenvalue weighted by Crippen LogP contribution is 2.37. The molecule has 0 bridgehead atoms. The first-order valence-electron chi connectivity index (χ1n) is 9.18. The molecule has 0 saturated heterocycles. The van der Waals surface area contributed by atoms with E-state index in [1.54, 1.807) is 12.1 Å². The van der Waals surface area contributed by atoms with E-state index in [1.807, 2.05) is 0 Å². The van der Waals surface area contributed by atoms with Crippen LogP contribution in [0.15, 0.2) is 30.3 Å². The first kappa shape index (κ1) is 20.7. The maximum Gasteiger partial charge on any atom is 0.270 e. The minimum atomic E-state index is -0.557. The molecule has 152 valence electrons. The highest BCUT2D eigenvalue weighted by molar-refractivity contribution is 7.17. The lowest BCUT2D eigenvalue weighted by Gasteiger charge is -2.30. The normalized spacial score (nSPS) is 14.2. The number of amides is 2. The molecule has 1 aliphatic heterocycles. The van der Waals surface area contributed by atoms with E-state index in [1.165, 1.54) is 35.6 Å². The summed E-state index contributed by atoms with van der Waals surface area (Å²) in [6, 6.07) is 6.36. The molecular formula is C20H22N4O4S. The number of non-ortho nitro benzene ring substituents is 1. The number of nitrogens with two attached hydrogens (primary N) is 1. The van der Waals surface area contributed by atoms with Gasteiger partial charge in [0.25, 0.3) is 11.6 Å². The minimum absolute atomic E-state index is 0.0517. The maximum absolute atomic E-state index is 12.4. The third kappa shape index (κ3) is 4.69. The summed E-state index contributed by atoms with van der Waals surface area (Å²) in [5, 5.41) is 14.0. The van der Waals surface area contributed by atoms with Gasteiger partial charge >= 0.3 is 0 Å². The quantitative estimate of drug-likeness (QED) is 0.427. The number of carbonyl (C=O) groups excluding carboxylic acids is 2. The van der Waals surface area contributed by atoms with Crippen molar-refractivity contribution in [1.29, 1.82) is 0 Å². The monoisotopic (exact) mass is 414 g/mol. The number of nitrogens with one attached hydrogen (secondary N) is 1. The predicted molar refractivity (Wildman–Crippen MR) is 113 cm³/mol. The summed E-state index contributed by atoms with van der Waals surface area (Å²) in [7, 11) is 0. The van der Waals surface area contributed by atoms with Crippen molar-refractivity contribution in [2.75, 3.05) is 11.9 Å². The molecule has 3 N–H and O–H groups in total. The zero-order chi connectivity index (χ0) is 21.1. The Labute approximate surface area is 172 Å². The molecule has 0 atom stereocenters. The van der Waals surface area contributed by atoms with Crippen LogP contribution >= 0.6 is 11.3 Å². The Hall–Kier alpha value is -3.04. The topological polar surface area (TPSA) is 119 Å². The molecule has 1 aromatic carbocycles. The molecule has 2 amide bonds. The molecule has 29 heavy (non-hydrogen) atoms. The molecule has 0 saturated carbocycles. The molecular weight excluding hydrogens is 392 g/mol. The first-order chi connectivity index (χ1) is 13.8. The number of fused-ring (bicyclic) bond motifs is 1. The molecule has 0 radical (unpaired) electrons. The molecule has 0 unspecified atom stereocenters. The van der Waals surface area contributed by atoms with E-state index in [-0.39, 0.29) is 5.69 Å². The van der Waals surface area contributed by atoms with Crippen LogP contribution < -0.4 is 11.1 Å². The molecule has 9 heteroatoms. The molecule has 3 rings (SSSR count). The molecule has 0 fully saturated rings. The highest BCUT2D eigenvalue weighted by atomic mass is 32.1. The van der Waals surface area contributed by atoms with Gasteiger partial charge < -0.3 is 11.1 Å². The molecule has 8 nitrogen and oxygen atoms in total. The van der Waals surface area contributed by atoms with Crippen LogP contribution in [0.4, 0.5) is 10.7 Å². The largest absolute Gasteiger partial charge is 0.365 e. The minimum Gasteiger partial charge on any atom is -0.365 e. The zero-order valence-corrected chi connectivity index (χ0v) is 17.0. The number of nitro benzene ring substituents is 1. The van der Waals surface area contributed by atoms with Gasteiger partial charge in [0.15, 0.2) is 0 Å². The average Bonchev–Trinajstić information content (AvgIpc) is 3.03. The summed E-state index contributed by atoms with van der Waals surface area (Å²) in [6.45, 7) is 5.79. The van der Waals surface area contributed by atoms with E-state index in [0.29, 0.717) is 28.6 Å². The summed E-state index contributed by atoms with van der Waals surface area (Å²) in [6.07, 6.45) is 3.48. The van der Waals surface area contributed by atoms with E-state index in [9.17, 15) is 19.7 Å². The van der Waals surface area contributed by atoms with Crippen molar-refractivity contribution in [2.45, 2.75) is 32.9 Å². The Balaban J connectivity index is 1.79. The summed E-state index contributed by atoms with van der Waals surface area (Å²) < 4.78 is 0. The van der Waals surface area contributed by atoms with Gasteiger partial charge in [-0.15, -0.1) is 11.3 Å². The van der Waals surface area contributed by atoms with Gasteiger partial charge in [0, 0.05) is 42.2 Å². The van der Waals surface area contributed by atoms with Crippen molar-refractivity contribution in [3.8, 4) is 0 Å². The van der Waals surface area contributed by atoms with E-state index in [2.05, 4.69) is 24.1 Å². The maximum atomic E-state index is 12.4.